The van der Waals surface area contributed by atoms with Crippen LogP contribution in [0.1, 0.15) is 13.8 Å². The molecule has 17 heavy (non-hydrogen) atoms. The summed E-state index contributed by atoms with van der Waals surface area (Å²) in [5, 5.41) is 0. The molecule has 0 bridgehead atoms. The molecule has 0 aromatic heterocycles. The lowest BCUT2D eigenvalue weighted by Gasteiger charge is -2.22. The van der Waals surface area contributed by atoms with Crippen molar-refractivity contribution in [2.45, 2.75) is 23.5 Å². The molecule has 0 saturated heterocycles. The monoisotopic (exact) mass is 337 g/mol. The Kier molecular flexibility index (Phi) is 5.07. The Morgan fingerprint density at radius 1 is 1.35 bits per heavy atom. The summed E-state index contributed by atoms with van der Waals surface area (Å²) in [6.45, 7) is 4.40. The minimum absolute atomic E-state index is 0.117. The fraction of sp³-hybridized carbons (Fsp3) is 0.455. The Hall–Kier alpha value is -0.0400. The summed E-state index contributed by atoms with van der Waals surface area (Å²) in [4.78, 5) is 0.275. The molecule has 0 heterocycles. The molecule has 0 aliphatic carbocycles. The average Bonchev–Trinajstić information content (AvgIpc) is 2.27. The summed E-state index contributed by atoms with van der Waals surface area (Å²) in [5.41, 5.74) is 0. The van der Waals surface area contributed by atoms with Gasteiger partial charge in [0.1, 0.15) is 0 Å². The summed E-state index contributed by atoms with van der Waals surface area (Å²) in [6, 6.07) is 6.79. The van der Waals surface area contributed by atoms with E-state index in [2.05, 4.69) is 20.7 Å². The summed E-state index contributed by atoms with van der Waals surface area (Å²) in [7, 11) is -3.44. The van der Waals surface area contributed by atoms with Crippen LogP contribution in [0.5, 0.6) is 0 Å². The first-order valence-electron chi connectivity index (χ1n) is 5.08. The summed E-state index contributed by atoms with van der Waals surface area (Å²) < 4.78 is 27.2. The molecule has 1 aromatic rings. The Labute approximate surface area is 116 Å². The molecule has 0 aliphatic heterocycles. The molecule has 1 N–H and O–H groups in total. The van der Waals surface area contributed by atoms with Crippen molar-refractivity contribution in [3.8, 4) is 0 Å². The van der Waals surface area contributed by atoms with Crippen LogP contribution in [0.25, 0.3) is 0 Å². The van der Waals surface area contributed by atoms with Gasteiger partial charge in [0, 0.05) is 15.8 Å². The minimum atomic E-state index is -3.44. The van der Waals surface area contributed by atoms with Crippen LogP contribution in [0.15, 0.2) is 33.6 Å². The maximum Gasteiger partial charge on any atom is 0.241 e. The van der Waals surface area contributed by atoms with E-state index in [9.17, 15) is 8.42 Å². The molecular formula is C11H16BrNO2S2. The number of hydrogen-bond donors (Lipinski definition) is 1. The highest BCUT2D eigenvalue weighted by Crippen LogP contribution is 2.23. The van der Waals surface area contributed by atoms with Crippen LogP contribution in [0.4, 0.5) is 0 Å². The highest BCUT2D eigenvalue weighted by molar-refractivity contribution is 9.10. The van der Waals surface area contributed by atoms with E-state index >= 15 is 0 Å². The van der Waals surface area contributed by atoms with Gasteiger partial charge < -0.3 is 0 Å². The second-order valence-electron chi connectivity index (χ2n) is 4.22. The van der Waals surface area contributed by atoms with Crippen LogP contribution in [0.3, 0.4) is 0 Å². The summed E-state index contributed by atoms with van der Waals surface area (Å²) in [5.74, 6) is 0. The third-order valence-electron chi connectivity index (χ3n) is 2.37. The molecule has 0 saturated carbocycles. The quantitative estimate of drug-likeness (QED) is 0.898. The molecule has 3 nitrogen and oxygen atoms in total. The second-order valence-corrected chi connectivity index (χ2v) is 8.32. The summed E-state index contributed by atoms with van der Waals surface area (Å²) in [6.07, 6.45) is 1.97. The Morgan fingerprint density at radius 3 is 2.47 bits per heavy atom. The zero-order valence-corrected chi connectivity index (χ0v) is 13.2. The normalized spacial score (nSPS) is 12.7. The van der Waals surface area contributed by atoms with Gasteiger partial charge in [-0.15, -0.1) is 0 Å². The topological polar surface area (TPSA) is 46.2 Å². The van der Waals surface area contributed by atoms with E-state index in [1.807, 2.05) is 20.1 Å². The van der Waals surface area contributed by atoms with E-state index < -0.39 is 10.0 Å². The minimum Gasteiger partial charge on any atom is -0.210 e. The molecule has 0 atom stereocenters. The SMILES string of the molecule is CSC(C)(C)CNS(=O)(=O)c1ccccc1Br. The Balaban J connectivity index is 2.88. The fourth-order valence-electron chi connectivity index (χ4n) is 1.08. The van der Waals surface area contributed by atoms with Gasteiger partial charge in [0.25, 0.3) is 0 Å². The molecule has 6 heteroatoms. The molecule has 0 fully saturated rings. The smallest absolute Gasteiger partial charge is 0.210 e. The predicted molar refractivity (Wildman–Crippen MR) is 76.9 cm³/mol. The van der Waals surface area contributed by atoms with E-state index in [0.717, 1.165) is 0 Å². The van der Waals surface area contributed by atoms with Gasteiger partial charge in [-0.1, -0.05) is 12.1 Å². The van der Waals surface area contributed by atoms with E-state index in [-0.39, 0.29) is 9.64 Å². The van der Waals surface area contributed by atoms with Crippen molar-refractivity contribution in [2.75, 3.05) is 12.8 Å². The molecule has 0 spiro atoms. The van der Waals surface area contributed by atoms with Crippen LogP contribution in [-0.2, 0) is 10.0 Å². The first kappa shape index (κ1) is 15.0. The van der Waals surface area contributed by atoms with Crippen molar-refractivity contribution in [2.24, 2.45) is 0 Å². The van der Waals surface area contributed by atoms with Gasteiger partial charge in [-0.25, -0.2) is 13.1 Å². The third-order valence-corrected chi connectivity index (χ3v) is 6.03. The number of rotatable bonds is 5. The van der Waals surface area contributed by atoms with Gasteiger partial charge in [0.05, 0.1) is 4.90 Å². The van der Waals surface area contributed by atoms with Gasteiger partial charge in [-0.05, 0) is 48.2 Å². The molecule has 1 aromatic carbocycles. The number of sulfonamides is 1. The zero-order valence-electron chi connectivity index (χ0n) is 10.0. The van der Waals surface area contributed by atoms with Crippen molar-refractivity contribution in [1.29, 1.82) is 0 Å². The first-order valence-corrected chi connectivity index (χ1v) is 8.58. The largest absolute Gasteiger partial charge is 0.241 e. The van der Waals surface area contributed by atoms with Crippen LogP contribution in [0.2, 0.25) is 0 Å². The molecular weight excluding hydrogens is 322 g/mol. The maximum atomic E-state index is 12.1. The maximum absolute atomic E-state index is 12.1. The van der Waals surface area contributed by atoms with Crippen molar-refractivity contribution < 1.29 is 8.42 Å². The highest BCUT2D eigenvalue weighted by Gasteiger charge is 2.22. The lowest BCUT2D eigenvalue weighted by atomic mass is 10.2. The zero-order chi connectivity index (χ0) is 13.1. The van der Waals surface area contributed by atoms with Gasteiger partial charge >= 0.3 is 0 Å². The van der Waals surface area contributed by atoms with Gasteiger partial charge in [0.2, 0.25) is 10.0 Å². The number of nitrogens with one attached hydrogen (secondary N) is 1. The van der Waals surface area contributed by atoms with Crippen molar-refractivity contribution in [1.82, 2.24) is 4.72 Å². The average molecular weight is 338 g/mol. The highest BCUT2D eigenvalue weighted by atomic mass is 79.9. The van der Waals surface area contributed by atoms with Gasteiger partial charge in [0.15, 0.2) is 0 Å². The van der Waals surface area contributed by atoms with Crippen molar-refractivity contribution in [3.05, 3.63) is 28.7 Å². The van der Waals surface area contributed by atoms with Crippen LogP contribution >= 0.6 is 27.7 Å². The van der Waals surface area contributed by atoms with Crippen LogP contribution in [0, 0.1) is 0 Å². The third kappa shape index (κ3) is 4.28. The first-order chi connectivity index (χ1) is 7.78. The number of hydrogen-bond acceptors (Lipinski definition) is 3. The Morgan fingerprint density at radius 2 is 1.94 bits per heavy atom. The van der Waals surface area contributed by atoms with Crippen LogP contribution in [-0.4, -0.2) is 26.0 Å². The molecule has 96 valence electrons. The van der Waals surface area contributed by atoms with Crippen LogP contribution < -0.4 is 4.72 Å². The van der Waals surface area contributed by atoms with Crippen molar-refractivity contribution in [3.63, 3.8) is 0 Å². The van der Waals surface area contributed by atoms with E-state index in [4.69, 9.17) is 0 Å². The number of benzene rings is 1. The van der Waals surface area contributed by atoms with Crippen molar-refractivity contribution >= 4 is 37.7 Å². The molecule has 0 unspecified atom stereocenters. The molecule has 0 amide bonds. The molecule has 0 radical (unpaired) electrons. The fourth-order valence-corrected chi connectivity index (χ4v) is 3.60. The van der Waals surface area contributed by atoms with Gasteiger partial charge in [-0.2, -0.15) is 11.8 Å². The van der Waals surface area contributed by atoms with E-state index in [1.165, 1.54) is 0 Å². The predicted octanol–water partition coefficient (Wildman–Crippen LogP) is 2.87. The standard InChI is InChI=1S/C11H16BrNO2S2/c1-11(2,16-3)8-13-17(14,15)10-7-5-4-6-9(10)12/h4-7,13H,8H2,1-3H3. The number of halogens is 1. The second kappa shape index (κ2) is 5.73. The van der Waals surface area contributed by atoms with Gasteiger partial charge in [-0.3, -0.25) is 0 Å². The van der Waals surface area contributed by atoms with E-state index in [1.54, 1.807) is 36.0 Å². The lowest BCUT2D eigenvalue weighted by molar-refractivity contribution is 0.570. The molecule has 1 rings (SSSR count). The number of thioether (sulfide) groups is 1. The Bertz CT molecular complexity index is 486. The molecule has 0 aliphatic rings. The van der Waals surface area contributed by atoms with E-state index in [0.29, 0.717) is 11.0 Å². The summed E-state index contributed by atoms with van der Waals surface area (Å²) >= 11 is 4.87. The lowest BCUT2D eigenvalue weighted by Crippen LogP contribution is -2.36.